The van der Waals surface area contributed by atoms with Crippen LogP contribution < -0.4 is 0 Å². The predicted octanol–water partition coefficient (Wildman–Crippen LogP) is 2.82. The van der Waals surface area contributed by atoms with Gasteiger partial charge in [0.2, 0.25) is 0 Å². The molecule has 110 valence electrons. The molecule has 0 spiro atoms. The van der Waals surface area contributed by atoms with Gasteiger partial charge < -0.3 is 5.11 Å². The number of hydrogen-bond acceptors (Lipinski definition) is 3. The van der Waals surface area contributed by atoms with Crippen molar-refractivity contribution >= 4 is 9.84 Å². The van der Waals surface area contributed by atoms with Crippen LogP contribution in [0.5, 0.6) is 0 Å². The molecule has 2 atom stereocenters. The fourth-order valence-corrected chi connectivity index (χ4v) is 4.71. The Bertz CT molecular complexity index is 748. The van der Waals surface area contributed by atoms with Crippen LogP contribution in [0.15, 0.2) is 53.4 Å². The van der Waals surface area contributed by atoms with E-state index < -0.39 is 21.2 Å². The van der Waals surface area contributed by atoms with E-state index in [1.54, 1.807) is 24.3 Å². The second-order valence-corrected chi connectivity index (χ2v) is 7.75. The maximum absolute atomic E-state index is 12.8. The van der Waals surface area contributed by atoms with Crippen molar-refractivity contribution in [2.75, 3.05) is 0 Å². The van der Waals surface area contributed by atoms with Crippen LogP contribution in [0.3, 0.4) is 0 Å². The zero-order chi connectivity index (χ0) is 15.0. The van der Waals surface area contributed by atoms with E-state index in [0.29, 0.717) is 12.8 Å². The molecule has 0 heterocycles. The van der Waals surface area contributed by atoms with E-state index in [1.807, 2.05) is 31.2 Å². The minimum absolute atomic E-state index is 0.288. The Hall–Kier alpha value is -1.65. The standard InChI is InChI=1S/C17H18O3S/c1-12-6-9-14(10-7-12)21(19,20)16-11-8-13-4-2-3-5-15(13)17(16)18/h2-7,9-10,16-18H,8,11H2,1H3. The van der Waals surface area contributed by atoms with Crippen molar-refractivity contribution < 1.29 is 13.5 Å². The summed E-state index contributed by atoms with van der Waals surface area (Å²) < 4.78 is 25.5. The molecule has 4 heteroatoms. The average Bonchev–Trinajstić information content (AvgIpc) is 2.48. The number of benzene rings is 2. The Morgan fingerprint density at radius 3 is 2.43 bits per heavy atom. The lowest BCUT2D eigenvalue weighted by Gasteiger charge is -2.29. The molecule has 0 bridgehead atoms. The van der Waals surface area contributed by atoms with Crippen molar-refractivity contribution in [1.29, 1.82) is 0 Å². The van der Waals surface area contributed by atoms with Crippen molar-refractivity contribution in [1.82, 2.24) is 0 Å². The molecule has 1 N–H and O–H groups in total. The quantitative estimate of drug-likeness (QED) is 0.928. The molecule has 0 amide bonds. The molecule has 2 aromatic rings. The largest absolute Gasteiger partial charge is 0.387 e. The van der Waals surface area contributed by atoms with Crippen LogP contribution in [0.1, 0.15) is 29.2 Å². The molecule has 1 aliphatic rings. The fraction of sp³-hybridized carbons (Fsp3) is 0.294. The molecule has 3 rings (SSSR count). The van der Waals surface area contributed by atoms with Crippen LogP contribution in [-0.2, 0) is 16.3 Å². The predicted molar refractivity (Wildman–Crippen MR) is 81.9 cm³/mol. The first-order chi connectivity index (χ1) is 10.00. The summed E-state index contributed by atoms with van der Waals surface area (Å²) >= 11 is 0. The number of aryl methyl sites for hydroxylation is 2. The SMILES string of the molecule is Cc1ccc(S(=O)(=O)C2CCc3ccccc3C2O)cc1. The molecule has 0 saturated carbocycles. The lowest BCUT2D eigenvalue weighted by molar-refractivity contribution is 0.159. The van der Waals surface area contributed by atoms with Gasteiger partial charge in [0.1, 0.15) is 0 Å². The van der Waals surface area contributed by atoms with E-state index in [1.165, 1.54) is 0 Å². The summed E-state index contributed by atoms with van der Waals surface area (Å²) in [6, 6.07) is 14.3. The van der Waals surface area contributed by atoms with Gasteiger partial charge in [-0.2, -0.15) is 0 Å². The number of rotatable bonds is 2. The van der Waals surface area contributed by atoms with E-state index in [4.69, 9.17) is 0 Å². The highest BCUT2D eigenvalue weighted by molar-refractivity contribution is 7.92. The van der Waals surface area contributed by atoms with Gasteiger partial charge >= 0.3 is 0 Å². The maximum atomic E-state index is 12.8. The highest BCUT2D eigenvalue weighted by atomic mass is 32.2. The first kappa shape index (κ1) is 14.3. The normalized spacial score (nSPS) is 21.8. The third-order valence-corrected chi connectivity index (χ3v) is 6.39. The molecule has 0 radical (unpaired) electrons. The minimum atomic E-state index is -3.52. The molecule has 21 heavy (non-hydrogen) atoms. The average molecular weight is 302 g/mol. The lowest BCUT2D eigenvalue weighted by Crippen LogP contribution is -2.33. The first-order valence-corrected chi connectivity index (χ1v) is 8.61. The van der Waals surface area contributed by atoms with Gasteiger partial charge in [0.15, 0.2) is 9.84 Å². The van der Waals surface area contributed by atoms with E-state index in [2.05, 4.69) is 0 Å². The molecule has 2 aromatic carbocycles. The molecular formula is C17H18O3S. The summed E-state index contributed by atoms with van der Waals surface area (Å²) in [5, 5.41) is 9.73. The minimum Gasteiger partial charge on any atom is -0.387 e. The monoisotopic (exact) mass is 302 g/mol. The van der Waals surface area contributed by atoms with Crippen molar-refractivity contribution in [3.8, 4) is 0 Å². The second kappa shape index (κ2) is 5.28. The molecule has 2 unspecified atom stereocenters. The summed E-state index contributed by atoms with van der Waals surface area (Å²) in [7, 11) is -3.52. The zero-order valence-electron chi connectivity index (χ0n) is 11.9. The van der Waals surface area contributed by atoms with Crippen LogP contribution in [0, 0.1) is 6.92 Å². The molecule has 1 aliphatic carbocycles. The summed E-state index contributed by atoms with van der Waals surface area (Å²) in [5.74, 6) is 0. The van der Waals surface area contributed by atoms with Crippen molar-refractivity contribution in [3.05, 3.63) is 65.2 Å². The van der Waals surface area contributed by atoms with Crippen LogP contribution in [0.2, 0.25) is 0 Å². The Balaban J connectivity index is 1.99. The maximum Gasteiger partial charge on any atom is 0.184 e. The highest BCUT2D eigenvalue weighted by Crippen LogP contribution is 2.36. The number of fused-ring (bicyclic) bond motifs is 1. The number of sulfone groups is 1. The van der Waals surface area contributed by atoms with Gasteiger partial charge in [0, 0.05) is 0 Å². The Labute approximate surface area is 125 Å². The summed E-state index contributed by atoms with van der Waals surface area (Å²) in [6.45, 7) is 1.92. The molecular weight excluding hydrogens is 284 g/mol. The molecule has 0 aromatic heterocycles. The summed E-state index contributed by atoms with van der Waals surface area (Å²) in [5.41, 5.74) is 2.80. The number of aliphatic hydroxyl groups is 1. The molecule has 3 nitrogen and oxygen atoms in total. The Morgan fingerprint density at radius 2 is 1.71 bits per heavy atom. The molecule has 0 aliphatic heterocycles. The number of aliphatic hydroxyl groups excluding tert-OH is 1. The van der Waals surface area contributed by atoms with Gasteiger partial charge in [-0.1, -0.05) is 42.0 Å². The smallest absolute Gasteiger partial charge is 0.184 e. The van der Waals surface area contributed by atoms with Crippen LogP contribution >= 0.6 is 0 Å². The lowest BCUT2D eigenvalue weighted by atomic mass is 9.89. The molecule has 0 fully saturated rings. The topological polar surface area (TPSA) is 54.4 Å². The van der Waals surface area contributed by atoms with Gasteiger partial charge in [0.05, 0.1) is 16.2 Å². The van der Waals surface area contributed by atoms with Gasteiger partial charge in [-0.25, -0.2) is 8.42 Å². The first-order valence-electron chi connectivity index (χ1n) is 7.06. The van der Waals surface area contributed by atoms with Gasteiger partial charge in [-0.15, -0.1) is 0 Å². The zero-order valence-corrected chi connectivity index (χ0v) is 12.7. The third-order valence-electron chi connectivity index (χ3n) is 4.17. The fourth-order valence-electron chi connectivity index (χ4n) is 2.93. The Kier molecular flexibility index (Phi) is 3.59. The van der Waals surface area contributed by atoms with E-state index in [9.17, 15) is 13.5 Å². The van der Waals surface area contributed by atoms with Gasteiger partial charge in [-0.05, 0) is 43.0 Å². The summed E-state index contributed by atoms with van der Waals surface area (Å²) in [4.78, 5) is 0.288. The van der Waals surface area contributed by atoms with Crippen LogP contribution in [0.4, 0.5) is 0 Å². The van der Waals surface area contributed by atoms with Crippen LogP contribution in [-0.4, -0.2) is 18.8 Å². The third kappa shape index (κ3) is 2.49. The Morgan fingerprint density at radius 1 is 1.05 bits per heavy atom. The second-order valence-electron chi connectivity index (χ2n) is 5.58. The van der Waals surface area contributed by atoms with E-state index >= 15 is 0 Å². The van der Waals surface area contributed by atoms with Crippen molar-refractivity contribution in [2.24, 2.45) is 0 Å². The van der Waals surface area contributed by atoms with Gasteiger partial charge in [-0.3, -0.25) is 0 Å². The van der Waals surface area contributed by atoms with Crippen molar-refractivity contribution in [3.63, 3.8) is 0 Å². The molecule has 0 saturated heterocycles. The van der Waals surface area contributed by atoms with Crippen molar-refractivity contribution in [2.45, 2.75) is 36.0 Å². The number of hydrogen-bond donors (Lipinski definition) is 1. The van der Waals surface area contributed by atoms with E-state index in [-0.39, 0.29) is 4.90 Å². The summed E-state index contributed by atoms with van der Waals surface area (Å²) in [6.07, 6.45) is 0.179. The highest BCUT2D eigenvalue weighted by Gasteiger charge is 2.37. The van der Waals surface area contributed by atoms with E-state index in [0.717, 1.165) is 16.7 Å². The van der Waals surface area contributed by atoms with Gasteiger partial charge in [0.25, 0.3) is 0 Å². The van der Waals surface area contributed by atoms with Crippen LogP contribution in [0.25, 0.3) is 0 Å².